The molecule has 43 heavy (non-hydrogen) atoms. The van der Waals surface area contributed by atoms with Crippen LogP contribution in [0.15, 0.2) is 35.2 Å². The molecule has 0 saturated carbocycles. The Bertz CT molecular complexity index is 972. The van der Waals surface area contributed by atoms with E-state index in [0.29, 0.717) is 79.3 Å². The van der Waals surface area contributed by atoms with Crippen molar-refractivity contribution in [3.8, 4) is 0 Å². The van der Waals surface area contributed by atoms with Crippen LogP contribution in [0.5, 0.6) is 0 Å². The van der Waals surface area contributed by atoms with Crippen LogP contribution in [0.3, 0.4) is 0 Å². The number of rotatable bonds is 30. The maximum Gasteiger partial charge on any atom is 0.372 e. The van der Waals surface area contributed by atoms with E-state index >= 15 is 0 Å². The minimum absolute atomic E-state index is 0.00295. The van der Waals surface area contributed by atoms with Crippen LogP contribution in [0.4, 0.5) is 0 Å². The van der Waals surface area contributed by atoms with Crippen LogP contribution in [0.25, 0.3) is 0 Å². The fourth-order valence-electron chi connectivity index (χ4n) is 2.89. The average molecular weight is 639 g/mol. The number of ether oxygens (including phenoxy) is 8. The van der Waals surface area contributed by atoms with Gasteiger partial charge in [0.2, 0.25) is 5.78 Å². The number of carbonyl (C=O) groups is 3. The highest BCUT2D eigenvalue weighted by molar-refractivity contribution is 7.86. The lowest BCUT2D eigenvalue weighted by Crippen LogP contribution is -2.17. The summed E-state index contributed by atoms with van der Waals surface area (Å²) in [5.74, 6) is -3.26. The molecule has 0 aromatic heterocycles. The number of hydrogen-bond acceptors (Lipinski definition) is 14. The molecule has 0 atom stereocenters. The van der Waals surface area contributed by atoms with Crippen molar-refractivity contribution in [1.82, 2.24) is 0 Å². The molecule has 0 aliphatic rings. The minimum Gasteiger partial charge on any atom is -0.476 e. The smallest absolute Gasteiger partial charge is 0.372 e. The van der Waals surface area contributed by atoms with Crippen LogP contribution in [-0.4, -0.2) is 137 Å². The molecule has 0 fully saturated rings. The maximum absolute atomic E-state index is 11.9. The van der Waals surface area contributed by atoms with Gasteiger partial charge in [-0.1, -0.05) is 18.2 Å². The van der Waals surface area contributed by atoms with Crippen molar-refractivity contribution in [3.05, 3.63) is 30.3 Å². The molecule has 0 spiro atoms. The molecule has 0 bridgehead atoms. The van der Waals surface area contributed by atoms with Crippen molar-refractivity contribution < 1.29 is 70.0 Å². The van der Waals surface area contributed by atoms with Crippen LogP contribution in [0, 0.1) is 0 Å². The van der Waals surface area contributed by atoms with Gasteiger partial charge in [-0.05, 0) is 12.1 Å². The normalized spacial score (nSPS) is 11.4. The van der Waals surface area contributed by atoms with E-state index in [-0.39, 0.29) is 37.7 Å². The number of carboxylic acids is 1. The Morgan fingerprint density at radius 3 is 1.30 bits per heavy atom. The van der Waals surface area contributed by atoms with E-state index in [0.717, 1.165) is 0 Å². The van der Waals surface area contributed by atoms with Gasteiger partial charge < -0.3 is 43.0 Å². The van der Waals surface area contributed by atoms with Crippen LogP contribution in [-0.2, 0) is 66.6 Å². The van der Waals surface area contributed by atoms with E-state index in [9.17, 15) is 22.8 Å². The van der Waals surface area contributed by atoms with Crippen molar-refractivity contribution in [2.24, 2.45) is 0 Å². The number of aliphatic carboxylic acids is 1. The van der Waals surface area contributed by atoms with E-state index in [1.165, 1.54) is 12.1 Å². The molecule has 15 nitrogen and oxygen atoms in total. The summed E-state index contributed by atoms with van der Waals surface area (Å²) >= 11 is 0. The van der Waals surface area contributed by atoms with Gasteiger partial charge in [-0.2, -0.15) is 8.42 Å². The van der Waals surface area contributed by atoms with Gasteiger partial charge in [0.15, 0.2) is 0 Å². The monoisotopic (exact) mass is 638 g/mol. The Morgan fingerprint density at radius 1 is 0.535 bits per heavy atom. The Kier molecular flexibility index (Phi) is 23.2. The number of esters is 1. The van der Waals surface area contributed by atoms with E-state index in [4.69, 9.17) is 47.2 Å². The van der Waals surface area contributed by atoms with E-state index in [1.54, 1.807) is 18.2 Å². The third kappa shape index (κ3) is 22.6. The van der Waals surface area contributed by atoms with Gasteiger partial charge in [0.05, 0.1) is 110 Å². The van der Waals surface area contributed by atoms with Gasteiger partial charge in [0.1, 0.15) is 6.61 Å². The van der Waals surface area contributed by atoms with Gasteiger partial charge in [-0.15, -0.1) is 0 Å². The van der Waals surface area contributed by atoms with Gasteiger partial charge in [0.25, 0.3) is 10.1 Å². The SMILES string of the molecule is O=C(CCC(=O)C(=O)O)OCCOCCOCCOCCOCCOCCOCCOCCOS(=O)(=O)c1ccccc1. The highest BCUT2D eigenvalue weighted by Gasteiger charge is 2.14. The molecule has 0 aliphatic heterocycles. The summed E-state index contributed by atoms with van der Waals surface area (Å²) < 4.78 is 71.0. The number of carbonyl (C=O) groups excluding carboxylic acids is 2. The highest BCUT2D eigenvalue weighted by Crippen LogP contribution is 2.10. The van der Waals surface area contributed by atoms with E-state index in [1.807, 2.05) is 0 Å². The first-order chi connectivity index (χ1) is 20.8. The lowest BCUT2D eigenvalue weighted by molar-refractivity contribution is -0.151. The summed E-state index contributed by atoms with van der Waals surface area (Å²) in [5, 5.41) is 8.43. The van der Waals surface area contributed by atoms with Crippen molar-refractivity contribution in [2.45, 2.75) is 17.7 Å². The van der Waals surface area contributed by atoms with Crippen LogP contribution in [0.2, 0.25) is 0 Å². The Morgan fingerprint density at radius 2 is 0.907 bits per heavy atom. The second-order valence-electron chi connectivity index (χ2n) is 8.32. The third-order valence-corrected chi connectivity index (χ3v) is 6.34. The van der Waals surface area contributed by atoms with Crippen LogP contribution in [0.1, 0.15) is 12.8 Å². The quantitative estimate of drug-likeness (QED) is 0.0530. The predicted molar refractivity (Wildman–Crippen MR) is 148 cm³/mol. The largest absolute Gasteiger partial charge is 0.476 e. The second kappa shape index (κ2) is 25.9. The number of carboxylic acid groups (broad SMARTS) is 1. The highest BCUT2D eigenvalue weighted by atomic mass is 32.2. The second-order valence-corrected chi connectivity index (χ2v) is 9.94. The molecule has 16 heteroatoms. The molecule has 1 N–H and O–H groups in total. The molecule has 0 radical (unpaired) electrons. The maximum atomic E-state index is 11.9. The summed E-state index contributed by atoms with van der Waals surface area (Å²) in [4.78, 5) is 32.7. The first-order valence-corrected chi connectivity index (χ1v) is 15.1. The average Bonchev–Trinajstić information content (AvgIpc) is 3.00. The predicted octanol–water partition coefficient (Wildman–Crippen LogP) is 0.485. The van der Waals surface area contributed by atoms with Gasteiger partial charge in [-0.3, -0.25) is 13.8 Å². The summed E-state index contributed by atoms with van der Waals surface area (Å²) in [7, 11) is -3.77. The Hall–Kier alpha value is -2.54. The first kappa shape index (κ1) is 38.5. The molecule has 0 amide bonds. The zero-order chi connectivity index (χ0) is 31.4. The molecule has 0 heterocycles. The molecule has 0 aliphatic carbocycles. The van der Waals surface area contributed by atoms with Crippen molar-refractivity contribution >= 4 is 27.8 Å². The van der Waals surface area contributed by atoms with Crippen molar-refractivity contribution in [3.63, 3.8) is 0 Å². The Balaban J connectivity index is 1.73. The first-order valence-electron chi connectivity index (χ1n) is 13.7. The minimum atomic E-state index is -3.77. The molecule has 1 aromatic carbocycles. The van der Waals surface area contributed by atoms with Gasteiger partial charge in [0, 0.05) is 6.42 Å². The molecule has 0 unspecified atom stereocenters. The number of Topliss-reactive ketones (excluding diaryl/α,β-unsaturated/α-hetero) is 1. The molecule has 1 rings (SSSR count). The summed E-state index contributed by atoms with van der Waals surface area (Å²) in [6.07, 6.45) is -0.676. The van der Waals surface area contributed by atoms with Crippen LogP contribution >= 0.6 is 0 Å². The molecular formula is C27H42O15S. The molecule has 1 aromatic rings. The zero-order valence-electron chi connectivity index (χ0n) is 24.2. The third-order valence-electron chi connectivity index (χ3n) is 5.02. The fourth-order valence-corrected chi connectivity index (χ4v) is 3.80. The molecule has 0 saturated heterocycles. The number of hydrogen-bond donors (Lipinski definition) is 1. The van der Waals surface area contributed by atoms with Crippen molar-refractivity contribution in [1.29, 1.82) is 0 Å². The summed E-state index contributed by atoms with van der Waals surface area (Å²) in [6, 6.07) is 7.91. The van der Waals surface area contributed by atoms with E-state index in [2.05, 4.69) is 0 Å². The zero-order valence-corrected chi connectivity index (χ0v) is 25.0. The molecule has 246 valence electrons. The van der Waals surface area contributed by atoms with Gasteiger partial charge >= 0.3 is 11.9 Å². The van der Waals surface area contributed by atoms with Gasteiger partial charge in [-0.25, -0.2) is 4.79 Å². The summed E-state index contributed by atoms with van der Waals surface area (Å²) in [5.41, 5.74) is 0. The number of benzene rings is 1. The number of ketones is 1. The lowest BCUT2D eigenvalue weighted by Gasteiger charge is -2.09. The summed E-state index contributed by atoms with van der Waals surface area (Å²) in [6.45, 7) is 4.75. The molecular weight excluding hydrogens is 596 g/mol. The topological polar surface area (TPSA) is 189 Å². The standard InChI is InChI=1S/C27H42O15S/c28-25(27(30)31)6-7-26(29)41-22-20-39-18-16-37-14-12-35-10-8-34-9-11-36-13-15-38-17-19-40-21-23-42-43(32,33)24-4-2-1-3-5-24/h1-5H,6-23H2,(H,30,31). The van der Waals surface area contributed by atoms with Crippen LogP contribution < -0.4 is 0 Å². The lowest BCUT2D eigenvalue weighted by atomic mass is 10.2. The fraction of sp³-hybridized carbons (Fsp3) is 0.667. The van der Waals surface area contributed by atoms with E-state index < -0.39 is 34.3 Å². The van der Waals surface area contributed by atoms with Crippen molar-refractivity contribution in [2.75, 3.05) is 106 Å². The Labute approximate surface area is 251 Å².